The Morgan fingerprint density at radius 2 is 2.12 bits per heavy atom. The second-order valence-corrected chi connectivity index (χ2v) is 4.57. The molecule has 92 valence electrons. The van der Waals surface area contributed by atoms with Gasteiger partial charge in [-0.2, -0.15) is 0 Å². The molecule has 1 aliphatic heterocycles. The van der Waals surface area contributed by atoms with Gasteiger partial charge in [-0.3, -0.25) is 4.79 Å². The van der Waals surface area contributed by atoms with Crippen molar-refractivity contribution >= 4 is 11.9 Å². The van der Waals surface area contributed by atoms with Crippen LogP contribution in [0.4, 0.5) is 5.95 Å². The topological polar surface area (TPSA) is 49.3 Å². The fourth-order valence-electron chi connectivity index (χ4n) is 2.18. The molecule has 1 aliphatic rings. The van der Waals surface area contributed by atoms with Gasteiger partial charge in [0.15, 0.2) is 0 Å². The first-order chi connectivity index (χ1) is 8.18. The summed E-state index contributed by atoms with van der Waals surface area (Å²) in [7, 11) is 3.61. The molecular formula is C12H18N4O. The van der Waals surface area contributed by atoms with Gasteiger partial charge in [-0.25, -0.2) is 9.97 Å². The van der Waals surface area contributed by atoms with Crippen molar-refractivity contribution in [1.82, 2.24) is 14.9 Å². The molecule has 0 saturated carbocycles. The summed E-state index contributed by atoms with van der Waals surface area (Å²) in [6, 6.07) is 1.80. The van der Waals surface area contributed by atoms with E-state index in [1.165, 1.54) is 0 Å². The quantitative estimate of drug-likeness (QED) is 0.759. The molecule has 5 nitrogen and oxygen atoms in total. The Labute approximate surface area is 101 Å². The van der Waals surface area contributed by atoms with Crippen molar-refractivity contribution in [2.75, 3.05) is 32.1 Å². The largest absolute Gasteiger partial charge is 0.349 e. The number of nitrogens with zero attached hydrogens (tertiary/aromatic N) is 4. The Bertz CT molecular complexity index is 379. The molecule has 1 atom stereocenters. The van der Waals surface area contributed by atoms with Gasteiger partial charge in [0.1, 0.15) is 0 Å². The smallest absolute Gasteiger partial charge is 0.226 e. The number of hydrogen-bond acceptors (Lipinski definition) is 4. The van der Waals surface area contributed by atoms with Gasteiger partial charge in [0, 0.05) is 39.6 Å². The highest BCUT2D eigenvalue weighted by atomic mass is 16.2. The summed E-state index contributed by atoms with van der Waals surface area (Å²) in [5.74, 6) is 0.997. The Balaban J connectivity index is 2.05. The number of rotatable bonds is 2. The Kier molecular flexibility index (Phi) is 3.56. The maximum Gasteiger partial charge on any atom is 0.226 e. The molecule has 17 heavy (non-hydrogen) atoms. The van der Waals surface area contributed by atoms with E-state index in [1.807, 2.05) is 0 Å². The van der Waals surface area contributed by atoms with Gasteiger partial charge in [0.2, 0.25) is 11.9 Å². The van der Waals surface area contributed by atoms with Gasteiger partial charge in [-0.1, -0.05) is 0 Å². The lowest BCUT2D eigenvalue weighted by molar-refractivity contribution is -0.133. The van der Waals surface area contributed by atoms with Crippen LogP contribution >= 0.6 is 0 Å². The summed E-state index contributed by atoms with van der Waals surface area (Å²) in [6.07, 6.45) is 5.45. The summed E-state index contributed by atoms with van der Waals surface area (Å²) in [4.78, 5) is 24.2. The first kappa shape index (κ1) is 11.8. The van der Waals surface area contributed by atoms with E-state index in [1.54, 1.807) is 37.5 Å². The number of carbonyl (C=O) groups is 1. The van der Waals surface area contributed by atoms with Crippen molar-refractivity contribution in [3.8, 4) is 0 Å². The molecule has 1 saturated heterocycles. The molecule has 0 N–H and O–H groups in total. The van der Waals surface area contributed by atoms with Gasteiger partial charge >= 0.3 is 0 Å². The van der Waals surface area contributed by atoms with Crippen molar-refractivity contribution in [3.63, 3.8) is 0 Å². The molecular weight excluding hydrogens is 216 g/mol. The van der Waals surface area contributed by atoms with E-state index in [9.17, 15) is 4.79 Å². The van der Waals surface area contributed by atoms with Crippen molar-refractivity contribution in [2.24, 2.45) is 5.92 Å². The first-order valence-electron chi connectivity index (χ1n) is 5.91. The van der Waals surface area contributed by atoms with E-state index in [0.29, 0.717) is 0 Å². The summed E-state index contributed by atoms with van der Waals surface area (Å²) < 4.78 is 0. The van der Waals surface area contributed by atoms with Crippen LogP contribution in [0.3, 0.4) is 0 Å². The van der Waals surface area contributed by atoms with Crippen LogP contribution in [0, 0.1) is 5.92 Å². The van der Waals surface area contributed by atoms with Crippen LogP contribution in [0.15, 0.2) is 18.5 Å². The highest BCUT2D eigenvalue weighted by Crippen LogP contribution is 2.20. The summed E-state index contributed by atoms with van der Waals surface area (Å²) in [5.41, 5.74) is 0. The molecule has 1 amide bonds. The highest BCUT2D eigenvalue weighted by Gasteiger charge is 2.27. The fourth-order valence-corrected chi connectivity index (χ4v) is 2.18. The van der Waals surface area contributed by atoms with Crippen LogP contribution in [0.25, 0.3) is 0 Å². The fraction of sp³-hybridized carbons (Fsp3) is 0.583. The molecule has 0 bridgehead atoms. The predicted molar refractivity (Wildman–Crippen MR) is 65.7 cm³/mol. The van der Waals surface area contributed by atoms with Crippen LogP contribution in [-0.2, 0) is 4.79 Å². The van der Waals surface area contributed by atoms with Gasteiger partial charge in [-0.15, -0.1) is 0 Å². The third-order valence-corrected chi connectivity index (χ3v) is 3.05. The SMILES string of the molecule is CN(C)C(=O)[C@@H]1CCCN(c2ncccn2)C1. The van der Waals surface area contributed by atoms with Gasteiger partial charge in [0.25, 0.3) is 0 Å². The number of piperidine rings is 1. The lowest BCUT2D eigenvalue weighted by Crippen LogP contribution is -2.43. The van der Waals surface area contributed by atoms with Crippen LogP contribution in [0.1, 0.15) is 12.8 Å². The third-order valence-electron chi connectivity index (χ3n) is 3.05. The predicted octanol–water partition coefficient (Wildman–Crippen LogP) is 0.781. The Hall–Kier alpha value is -1.65. The number of amides is 1. The molecule has 0 aromatic carbocycles. The van der Waals surface area contributed by atoms with Crippen LogP contribution in [0.2, 0.25) is 0 Å². The van der Waals surface area contributed by atoms with Crippen molar-refractivity contribution < 1.29 is 4.79 Å². The number of carbonyl (C=O) groups excluding carboxylic acids is 1. The van der Waals surface area contributed by atoms with Gasteiger partial charge < -0.3 is 9.80 Å². The summed E-state index contributed by atoms with van der Waals surface area (Å²) in [5, 5.41) is 0. The molecule has 0 radical (unpaired) electrons. The van der Waals surface area contributed by atoms with E-state index in [4.69, 9.17) is 0 Å². The summed E-state index contributed by atoms with van der Waals surface area (Å²) in [6.45, 7) is 1.66. The Morgan fingerprint density at radius 1 is 1.41 bits per heavy atom. The standard InChI is InChI=1S/C12H18N4O/c1-15(2)11(17)10-5-3-8-16(9-10)12-13-6-4-7-14-12/h4,6-7,10H,3,5,8-9H2,1-2H3/t10-/m1/s1. The van der Waals surface area contributed by atoms with E-state index in [2.05, 4.69) is 14.9 Å². The molecule has 5 heteroatoms. The van der Waals surface area contributed by atoms with Crippen LogP contribution in [-0.4, -0.2) is 48.0 Å². The lowest BCUT2D eigenvalue weighted by Gasteiger charge is -2.33. The average molecular weight is 234 g/mol. The summed E-state index contributed by atoms with van der Waals surface area (Å²) >= 11 is 0. The maximum atomic E-state index is 11.9. The average Bonchev–Trinajstić information content (AvgIpc) is 2.39. The zero-order valence-electron chi connectivity index (χ0n) is 10.3. The first-order valence-corrected chi connectivity index (χ1v) is 5.91. The zero-order chi connectivity index (χ0) is 12.3. The maximum absolute atomic E-state index is 11.9. The minimum absolute atomic E-state index is 0.0718. The molecule has 1 fully saturated rings. The van der Waals surface area contributed by atoms with Gasteiger partial charge in [0.05, 0.1) is 5.92 Å². The van der Waals surface area contributed by atoms with E-state index >= 15 is 0 Å². The lowest BCUT2D eigenvalue weighted by atomic mass is 9.97. The van der Waals surface area contributed by atoms with Crippen molar-refractivity contribution in [3.05, 3.63) is 18.5 Å². The normalized spacial score (nSPS) is 20.1. The molecule has 1 aromatic heterocycles. The zero-order valence-corrected chi connectivity index (χ0v) is 10.3. The second kappa shape index (κ2) is 5.12. The third kappa shape index (κ3) is 2.72. The minimum atomic E-state index is 0.0718. The Morgan fingerprint density at radius 3 is 2.76 bits per heavy atom. The number of aromatic nitrogens is 2. The van der Waals surface area contributed by atoms with Crippen LogP contribution in [0.5, 0.6) is 0 Å². The molecule has 0 unspecified atom stereocenters. The monoisotopic (exact) mass is 234 g/mol. The second-order valence-electron chi connectivity index (χ2n) is 4.57. The number of anilines is 1. The highest BCUT2D eigenvalue weighted by molar-refractivity contribution is 5.79. The molecule has 2 heterocycles. The van der Waals surface area contributed by atoms with E-state index < -0.39 is 0 Å². The molecule has 0 spiro atoms. The molecule has 1 aromatic rings. The van der Waals surface area contributed by atoms with Crippen molar-refractivity contribution in [2.45, 2.75) is 12.8 Å². The minimum Gasteiger partial charge on any atom is -0.349 e. The van der Waals surface area contributed by atoms with Gasteiger partial charge in [-0.05, 0) is 18.9 Å². The molecule has 0 aliphatic carbocycles. The van der Waals surface area contributed by atoms with Crippen molar-refractivity contribution in [1.29, 1.82) is 0 Å². The van der Waals surface area contributed by atoms with Crippen LogP contribution < -0.4 is 4.90 Å². The van der Waals surface area contributed by atoms with E-state index in [-0.39, 0.29) is 11.8 Å². The van der Waals surface area contributed by atoms with E-state index in [0.717, 1.165) is 31.9 Å². The molecule has 2 rings (SSSR count). The number of hydrogen-bond donors (Lipinski definition) is 0.